The van der Waals surface area contributed by atoms with Crippen molar-refractivity contribution in [1.82, 2.24) is 19.5 Å². The Morgan fingerprint density at radius 3 is 2.60 bits per heavy atom. The number of rotatable bonds is 4. The molecular formula is C12H15BrN4O2S. The molecule has 2 rings (SSSR count). The number of hydrogen-bond acceptors (Lipinski definition) is 4. The molecular weight excluding hydrogens is 344 g/mol. The van der Waals surface area contributed by atoms with E-state index in [0.29, 0.717) is 4.47 Å². The third-order valence-electron chi connectivity index (χ3n) is 3.09. The molecule has 108 valence electrons. The Bertz CT molecular complexity index is 740. The van der Waals surface area contributed by atoms with Gasteiger partial charge >= 0.3 is 0 Å². The fourth-order valence-corrected chi connectivity index (χ4v) is 3.36. The number of sulfonamides is 1. The molecule has 0 aliphatic heterocycles. The van der Waals surface area contributed by atoms with E-state index in [1.807, 2.05) is 20.9 Å². The van der Waals surface area contributed by atoms with E-state index in [1.165, 1.54) is 18.5 Å². The van der Waals surface area contributed by atoms with Crippen molar-refractivity contribution in [3.63, 3.8) is 0 Å². The summed E-state index contributed by atoms with van der Waals surface area (Å²) in [7, 11) is -1.75. The van der Waals surface area contributed by atoms with E-state index in [1.54, 1.807) is 4.68 Å². The van der Waals surface area contributed by atoms with Gasteiger partial charge in [0.05, 0.1) is 5.69 Å². The summed E-state index contributed by atoms with van der Waals surface area (Å²) in [6.45, 7) is 3.97. The minimum absolute atomic E-state index is 0.131. The van der Waals surface area contributed by atoms with Crippen LogP contribution in [0.5, 0.6) is 0 Å². The predicted molar refractivity (Wildman–Crippen MR) is 78.6 cm³/mol. The zero-order valence-corrected chi connectivity index (χ0v) is 13.8. The highest BCUT2D eigenvalue weighted by Gasteiger charge is 2.17. The number of halogens is 1. The summed E-state index contributed by atoms with van der Waals surface area (Å²) < 4.78 is 29.3. The van der Waals surface area contributed by atoms with E-state index < -0.39 is 10.0 Å². The van der Waals surface area contributed by atoms with Crippen molar-refractivity contribution < 1.29 is 8.42 Å². The lowest BCUT2D eigenvalue weighted by Gasteiger charge is -2.07. The van der Waals surface area contributed by atoms with Crippen molar-refractivity contribution in [2.75, 3.05) is 0 Å². The van der Waals surface area contributed by atoms with Gasteiger partial charge in [-0.1, -0.05) is 0 Å². The number of nitrogens with one attached hydrogen (secondary N) is 1. The highest BCUT2D eigenvalue weighted by atomic mass is 79.9. The molecule has 2 aromatic heterocycles. The Balaban J connectivity index is 2.22. The average molecular weight is 359 g/mol. The topological polar surface area (TPSA) is 76.9 Å². The zero-order chi connectivity index (χ0) is 14.9. The van der Waals surface area contributed by atoms with Crippen LogP contribution in [-0.4, -0.2) is 23.2 Å². The lowest BCUT2D eigenvalue weighted by molar-refractivity contribution is 0.580. The molecule has 0 amide bonds. The molecule has 0 aromatic carbocycles. The van der Waals surface area contributed by atoms with Gasteiger partial charge in [0.15, 0.2) is 0 Å². The molecule has 2 heterocycles. The molecule has 0 fully saturated rings. The van der Waals surface area contributed by atoms with Gasteiger partial charge in [0.1, 0.15) is 4.90 Å². The molecule has 0 bridgehead atoms. The molecule has 2 aromatic rings. The van der Waals surface area contributed by atoms with Crippen LogP contribution in [0.25, 0.3) is 0 Å². The van der Waals surface area contributed by atoms with Crippen LogP contribution in [0.1, 0.15) is 17.0 Å². The fourth-order valence-electron chi connectivity index (χ4n) is 1.86. The van der Waals surface area contributed by atoms with Crippen LogP contribution in [0, 0.1) is 13.8 Å². The van der Waals surface area contributed by atoms with E-state index >= 15 is 0 Å². The lowest BCUT2D eigenvalue weighted by Crippen LogP contribution is -2.24. The highest BCUT2D eigenvalue weighted by Crippen LogP contribution is 2.16. The molecule has 0 saturated carbocycles. The molecule has 1 N–H and O–H groups in total. The van der Waals surface area contributed by atoms with E-state index in [9.17, 15) is 8.42 Å². The first kappa shape index (κ1) is 15.1. The van der Waals surface area contributed by atoms with Crippen molar-refractivity contribution >= 4 is 26.0 Å². The van der Waals surface area contributed by atoms with Gasteiger partial charge in [0.25, 0.3) is 0 Å². The molecule has 0 aliphatic rings. The summed E-state index contributed by atoms with van der Waals surface area (Å²) in [5, 5.41) is 4.26. The first-order valence-electron chi connectivity index (χ1n) is 5.90. The van der Waals surface area contributed by atoms with Gasteiger partial charge in [-0.2, -0.15) is 5.10 Å². The molecule has 20 heavy (non-hydrogen) atoms. The number of aromatic nitrogens is 3. The molecule has 0 radical (unpaired) electrons. The van der Waals surface area contributed by atoms with Crippen LogP contribution in [0.4, 0.5) is 0 Å². The maximum absolute atomic E-state index is 12.2. The molecule has 0 atom stereocenters. The molecule has 0 saturated heterocycles. The zero-order valence-electron chi connectivity index (χ0n) is 11.4. The Kier molecular flexibility index (Phi) is 4.26. The van der Waals surface area contributed by atoms with Crippen molar-refractivity contribution in [3.05, 3.63) is 39.9 Å². The van der Waals surface area contributed by atoms with Crippen LogP contribution in [0.3, 0.4) is 0 Å². The number of pyridine rings is 1. The van der Waals surface area contributed by atoms with Crippen LogP contribution in [0.2, 0.25) is 0 Å². The minimum Gasteiger partial charge on any atom is -0.272 e. The van der Waals surface area contributed by atoms with Gasteiger partial charge < -0.3 is 0 Å². The molecule has 0 spiro atoms. The van der Waals surface area contributed by atoms with Crippen LogP contribution in [0.15, 0.2) is 27.8 Å². The van der Waals surface area contributed by atoms with Crippen molar-refractivity contribution in [3.8, 4) is 0 Å². The third kappa shape index (κ3) is 3.08. The van der Waals surface area contributed by atoms with E-state index in [-0.39, 0.29) is 11.4 Å². The maximum atomic E-state index is 12.2. The molecule has 6 nitrogen and oxygen atoms in total. The molecule has 0 aliphatic carbocycles. The monoisotopic (exact) mass is 358 g/mol. The Labute approximate surface area is 126 Å². The van der Waals surface area contributed by atoms with E-state index in [2.05, 4.69) is 30.7 Å². The molecule has 0 unspecified atom stereocenters. The van der Waals surface area contributed by atoms with Gasteiger partial charge in [0.2, 0.25) is 10.0 Å². The summed E-state index contributed by atoms with van der Waals surface area (Å²) >= 11 is 3.21. The minimum atomic E-state index is -3.58. The van der Waals surface area contributed by atoms with Gasteiger partial charge in [-0.3, -0.25) is 9.67 Å². The number of nitrogens with zero attached hydrogens (tertiary/aromatic N) is 3. The van der Waals surface area contributed by atoms with E-state index in [4.69, 9.17) is 0 Å². The Morgan fingerprint density at radius 2 is 2.05 bits per heavy atom. The molecule has 8 heteroatoms. The average Bonchev–Trinajstić information content (AvgIpc) is 2.61. The highest BCUT2D eigenvalue weighted by molar-refractivity contribution is 9.10. The summed E-state index contributed by atoms with van der Waals surface area (Å²) in [4.78, 5) is 3.99. The lowest BCUT2D eigenvalue weighted by atomic mass is 10.2. The maximum Gasteiger partial charge on any atom is 0.242 e. The smallest absolute Gasteiger partial charge is 0.242 e. The normalized spacial score (nSPS) is 11.8. The third-order valence-corrected chi connectivity index (χ3v) is 4.89. The fraction of sp³-hybridized carbons (Fsp3) is 0.333. The SMILES string of the molecule is Cc1nn(C)c(C)c1CNS(=O)(=O)c1cncc(Br)c1. The van der Waals surface area contributed by atoms with Gasteiger partial charge in [-0.15, -0.1) is 0 Å². The van der Waals surface area contributed by atoms with Crippen LogP contribution in [-0.2, 0) is 23.6 Å². The quantitative estimate of drug-likeness (QED) is 0.901. The van der Waals surface area contributed by atoms with Crippen LogP contribution >= 0.6 is 15.9 Å². The van der Waals surface area contributed by atoms with E-state index in [0.717, 1.165) is 17.0 Å². The summed E-state index contributed by atoms with van der Waals surface area (Å²) in [6, 6.07) is 1.51. The van der Waals surface area contributed by atoms with Gasteiger partial charge in [-0.25, -0.2) is 13.1 Å². The largest absolute Gasteiger partial charge is 0.272 e. The number of aryl methyl sites for hydroxylation is 2. The van der Waals surface area contributed by atoms with Crippen molar-refractivity contribution in [2.24, 2.45) is 7.05 Å². The predicted octanol–water partition coefficient (Wildman–Crippen LogP) is 1.67. The Hall–Kier alpha value is -1.25. The van der Waals surface area contributed by atoms with Crippen molar-refractivity contribution in [2.45, 2.75) is 25.3 Å². The van der Waals surface area contributed by atoms with Gasteiger partial charge in [0, 0.05) is 41.7 Å². The second kappa shape index (κ2) is 5.63. The van der Waals surface area contributed by atoms with Crippen LogP contribution < -0.4 is 4.72 Å². The van der Waals surface area contributed by atoms with Gasteiger partial charge in [-0.05, 0) is 35.8 Å². The Morgan fingerprint density at radius 1 is 1.35 bits per heavy atom. The standard InChI is InChI=1S/C12H15BrN4O2S/c1-8-12(9(2)17(3)16-8)7-15-20(18,19)11-4-10(13)5-14-6-11/h4-6,15H,7H2,1-3H3. The summed E-state index contributed by atoms with van der Waals surface area (Å²) in [5.41, 5.74) is 2.65. The first-order valence-corrected chi connectivity index (χ1v) is 8.18. The summed E-state index contributed by atoms with van der Waals surface area (Å²) in [5.74, 6) is 0. The van der Waals surface area contributed by atoms with Crippen molar-refractivity contribution in [1.29, 1.82) is 0 Å². The first-order chi connectivity index (χ1) is 9.31. The number of hydrogen-bond donors (Lipinski definition) is 1. The second-order valence-electron chi connectivity index (χ2n) is 4.44. The second-order valence-corrected chi connectivity index (χ2v) is 7.12. The summed E-state index contributed by atoms with van der Waals surface area (Å²) in [6.07, 6.45) is 2.85.